The van der Waals surface area contributed by atoms with Gasteiger partial charge in [-0.1, -0.05) is 13.8 Å². The van der Waals surface area contributed by atoms with Gasteiger partial charge in [-0.25, -0.2) is 0 Å². The molecule has 2 heterocycles. The lowest BCUT2D eigenvalue weighted by Gasteiger charge is -2.25. The molecule has 0 amide bonds. The van der Waals surface area contributed by atoms with E-state index in [9.17, 15) is 9.59 Å². The molecule has 0 atom stereocenters. The van der Waals surface area contributed by atoms with Crippen LogP contribution in [0, 0.1) is 0 Å². The molecule has 28 heavy (non-hydrogen) atoms. The first kappa shape index (κ1) is 25.2. The van der Waals surface area contributed by atoms with E-state index in [0.29, 0.717) is 11.6 Å². The highest BCUT2D eigenvalue weighted by atomic mass is 16.5. The molecule has 0 radical (unpaired) electrons. The van der Waals surface area contributed by atoms with Gasteiger partial charge >= 0.3 is 0 Å². The first-order valence-corrected chi connectivity index (χ1v) is 11.3. The van der Waals surface area contributed by atoms with Crippen LogP contribution in [-0.2, 0) is 19.1 Å². The number of carbonyl (C=O) groups excluding carboxylic acids is 2. The van der Waals surface area contributed by atoms with E-state index in [4.69, 9.17) is 9.47 Å². The number of ether oxygens (including phenoxy) is 2. The topological polar surface area (TPSA) is 59.1 Å². The summed E-state index contributed by atoms with van der Waals surface area (Å²) in [5.74, 6) is 0.840. The lowest BCUT2D eigenvalue weighted by molar-refractivity contribution is -0.122. The number of piperidine rings is 2. The van der Waals surface area contributed by atoms with Gasteiger partial charge in [0.2, 0.25) is 0 Å². The summed E-state index contributed by atoms with van der Waals surface area (Å²) in [6.07, 6.45) is 7.36. The van der Waals surface area contributed by atoms with Crippen molar-refractivity contribution in [3.05, 3.63) is 0 Å². The Hall–Kier alpha value is -0.820. The molecule has 2 fully saturated rings. The smallest absolute Gasteiger partial charge is 0.135 e. The molecule has 0 aromatic rings. The van der Waals surface area contributed by atoms with Gasteiger partial charge in [0.25, 0.3) is 0 Å². The predicted molar refractivity (Wildman–Crippen MR) is 113 cm³/mol. The maximum atomic E-state index is 11.0. The fourth-order valence-corrected chi connectivity index (χ4v) is 3.33. The van der Waals surface area contributed by atoms with Crippen molar-refractivity contribution >= 4 is 11.6 Å². The van der Waals surface area contributed by atoms with E-state index in [2.05, 4.69) is 23.6 Å². The van der Waals surface area contributed by atoms with Crippen molar-refractivity contribution in [1.82, 2.24) is 9.80 Å². The largest absolute Gasteiger partial charge is 0.381 e. The molecule has 0 spiro atoms. The number of Topliss-reactive ketones (excluding diaryl/α,β-unsaturated/α-hetero) is 2. The van der Waals surface area contributed by atoms with Crippen molar-refractivity contribution in [2.24, 2.45) is 0 Å². The van der Waals surface area contributed by atoms with Crippen LogP contribution in [0.1, 0.15) is 65.2 Å². The molecule has 0 saturated carbocycles. The Bertz CT molecular complexity index is 359. The molecular weight excluding hydrogens is 356 g/mol. The number of rotatable bonds is 12. The van der Waals surface area contributed by atoms with E-state index >= 15 is 0 Å². The second-order valence-electron chi connectivity index (χ2n) is 7.69. The number of hydrogen-bond donors (Lipinski definition) is 0. The van der Waals surface area contributed by atoms with Crippen LogP contribution >= 0.6 is 0 Å². The van der Waals surface area contributed by atoms with E-state index in [-0.39, 0.29) is 0 Å². The molecule has 0 N–H and O–H groups in total. The quantitative estimate of drug-likeness (QED) is 0.471. The second kappa shape index (κ2) is 17.1. The third-order valence-corrected chi connectivity index (χ3v) is 5.05. The van der Waals surface area contributed by atoms with Crippen LogP contribution in [0.15, 0.2) is 0 Å². The fraction of sp³-hybridized carbons (Fsp3) is 0.909. The lowest BCUT2D eigenvalue weighted by atomic mass is 10.1. The van der Waals surface area contributed by atoms with Crippen LogP contribution in [0.3, 0.4) is 0 Å². The van der Waals surface area contributed by atoms with Crippen molar-refractivity contribution in [1.29, 1.82) is 0 Å². The van der Waals surface area contributed by atoms with Crippen LogP contribution < -0.4 is 0 Å². The Kier molecular flexibility index (Phi) is 15.4. The molecule has 164 valence electrons. The molecule has 6 nitrogen and oxygen atoms in total. The number of carbonyl (C=O) groups is 2. The van der Waals surface area contributed by atoms with Crippen LogP contribution in [0.4, 0.5) is 0 Å². The minimum atomic E-state index is 0.420. The van der Waals surface area contributed by atoms with Gasteiger partial charge in [-0.2, -0.15) is 0 Å². The molecular formula is C22H42N2O4. The average Bonchev–Trinajstić information content (AvgIpc) is 2.71. The Labute approximate surface area is 171 Å². The van der Waals surface area contributed by atoms with E-state index in [1.54, 1.807) is 0 Å². The standard InChI is InChI=1S/2C11H21NO2/c2*1-2-9-14-10-3-6-12-7-4-11(13)5-8-12/h2*2-10H2,1H3. The summed E-state index contributed by atoms with van der Waals surface area (Å²) in [7, 11) is 0. The molecule has 0 aromatic carbocycles. The maximum absolute atomic E-state index is 11.0. The van der Waals surface area contributed by atoms with E-state index in [0.717, 1.165) is 117 Å². The molecule has 0 bridgehead atoms. The van der Waals surface area contributed by atoms with Crippen molar-refractivity contribution < 1.29 is 19.1 Å². The Morgan fingerprint density at radius 3 is 1.32 bits per heavy atom. The molecule has 0 unspecified atom stereocenters. The first-order valence-electron chi connectivity index (χ1n) is 11.3. The Balaban J connectivity index is 0.000000280. The van der Waals surface area contributed by atoms with E-state index < -0.39 is 0 Å². The molecule has 2 aliphatic rings. The lowest BCUT2D eigenvalue weighted by Crippen LogP contribution is -2.34. The first-order chi connectivity index (χ1) is 13.7. The molecule has 2 saturated heterocycles. The van der Waals surface area contributed by atoms with Crippen molar-refractivity contribution in [3.63, 3.8) is 0 Å². The van der Waals surface area contributed by atoms with Gasteiger partial charge in [0.1, 0.15) is 11.6 Å². The van der Waals surface area contributed by atoms with Crippen LogP contribution in [0.5, 0.6) is 0 Å². The summed E-state index contributed by atoms with van der Waals surface area (Å²) >= 11 is 0. The summed E-state index contributed by atoms with van der Waals surface area (Å²) in [5, 5.41) is 0. The third-order valence-electron chi connectivity index (χ3n) is 5.05. The van der Waals surface area contributed by atoms with E-state index in [1.807, 2.05) is 0 Å². The summed E-state index contributed by atoms with van der Waals surface area (Å²) in [4.78, 5) is 26.7. The monoisotopic (exact) mass is 398 g/mol. The number of ketones is 2. The highest BCUT2D eigenvalue weighted by molar-refractivity contribution is 5.79. The van der Waals surface area contributed by atoms with Crippen molar-refractivity contribution in [3.8, 4) is 0 Å². The zero-order valence-corrected chi connectivity index (χ0v) is 18.3. The number of likely N-dealkylation sites (tertiary alicyclic amines) is 2. The molecule has 0 aromatic heterocycles. The van der Waals surface area contributed by atoms with Crippen LogP contribution in [-0.4, -0.2) is 87.1 Å². The molecule has 2 aliphatic heterocycles. The summed E-state index contributed by atoms with van der Waals surface area (Å²) in [5.41, 5.74) is 0. The summed E-state index contributed by atoms with van der Waals surface area (Å²) in [6, 6.07) is 0. The predicted octanol–water partition coefficient (Wildman–Crippen LogP) is 2.94. The number of hydrogen-bond acceptors (Lipinski definition) is 6. The molecule has 6 heteroatoms. The van der Waals surface area contributed by atoms with E-state index in [1.165, 1.54) is 0 Å². The summed E-state index contributed by atoms with van der Waals surface area (Å²) < 4.78 is 10.8. The zero-order chi connectivity index (χ0) is 20.5. The SMILES string of the molecule is CCCOCCCN1CCC(=O)CC1.CCCOCCCN1CCC(=O)CC1. The highest BCUT2D eigenvalue weighted by Crippen LogP contribution is 2.06. The summed E-state index contributed by atoms with van der Waals surface area (Å²) in [6.45, 7) is 13.7. The normalized spacial score (nSPS) is 18.8. The Morgan fingerprint density at radius 1 is 0.643 bits per heavy atom. The zero-order valence-electron chi connectivity index (χ0n) is 18.3. The van der Waals surface area contributed by atoms with Gasteiger partial charge in [-0.05, 0) is 25.7 Å². The van der Waals surface area contributed by atoms with Crippen LogP contribution in [0.2, 0.25) is 0 Å². The fourth-order valence-electron chi connectivity index (χ4n) is 3.33. The minimum absolute atomic E-state index is 0.420. The Morgan fingerprint density at radius 2 is 1.00 bits per heavy atom. The molecule has 0 aliphatic carbocycles. The van der Waals surface area contributed by atoms with Gasteiger partial charge < -0.3 is 19.3 Å². The molecule has 2 rings (SSSR count). The van der Waals surface area contributed by atoms with Gasteiger partial charge in [-0.15, -0.1) is 0 Å². The van der Waals surface area contributed by atoms with Gasteiger partial charge in [0, 0.05) is 91.4 Å². The van der Waals surface area contributed by atoms with Gasteiger partial charge in [0.15, 0.2) is 0 Å². The highest BCUT2D eigenvalue weighted by Gasteiger charge is 2.15. The maximum Gasteiger partial charge on any atom is 0.135 e. The van der Waals surface area contributed by atoms with Gasteiger partial charge in [-0.3, -0.25) is 9.59 Å². The third kappa shape index (κ3) is 13.4. The van der Waals surface area contributed by atoms with Crippen molar-refractivity contribution in [2.45, 2.75) is 65.2 Å². The number of nitrogens with zero attached hydrogens (tertiary/aromatic N) is 2. The second-order valence-corrected chi connectivity index (χ2v) is 7.69. The van der Waals surface area contributed by atoms with Gasteiger partial charge in [0.05, 0.1) is 0 Å². The minimum Gasteiger partial charge on any atom is -0.381 e. The average molecular weight is 399 g/mol. The van der Waals surface area contributed by atoms with Crippen LogP contribution in [0.25, 0.3) is 0 Å². The van der Waals surface area contributed by atoms with Crippen molar-refractivity contribution in [2.75, 3.05) is 65.7 Å².